The number of rotatable bonds is 4. The third kappa shape index (κ3) is 3.15. The number of alkyl halides is 2. The zero-order valence-electron chi connectivity index (χ0n) is 10.5. The van der Waals surface area contributed by atoms with Crippen LogP contribution in [-0.2, 0) is 9.53 Å². The van der Waals surface area contributed by atoms with Gasteiger partial charge in [-0.2, -0.15) is 20.5 Å². The van der Waals surface area contributed by atoms with Gasteiger partial charge < -0.3 is 10.1 Å². The Balaban J connectivity index is 1.79. The molecule has 1 aliphatic carbocycles. The van der Waals surface area contributed by atoms with Gasteiger partial charge in [-0.1, -0.05) is 12.8 Å². The molecule has 0 aromatic rings. The van der Waals surface area contributed by atoms with E-state index in [-0.39, 0.29) is 0 Å². The lowest BCUT2D eigenvalue weighted by molar-refractivity contribution is -0.159. The fraction of sp³-hybridized carbons (Fsp3) is 0.917. The Hall–Kier alpha value is -0.360. The summed E-state index contributed by atoms with van der Waals surface area (Å²) in [5.41, 5.74) is 0. The number of hydrogen-bond acceptors (Lipinski definition) is 4. The quantitative estimate of drug-likeness (QED) is 0.801. The second-order valence-electron chi connectivity index (χ2n) is 5.01. The summed E-state index contributed by atoms with van der Waals surface area (Å²) in [6.45, 7) is 0.336. The summed E-state index contributed by atoms with van der Waals surface area (Å²) in [6.07, 6.45) is 5.55. The first kappa shape index (κ1) is 14.1. The molecular formula is C12H19F2NO2S. The molecule has 6 heteroatoms. The van der Waals surface area contributed by atoms with Gasteiger partial charge in [-0.15, -0.1) is 0 Å². The maximum atomic E-state index is 13.0. The van der Waals surface area contributed by atoms with Gasteiger partial charge in [-0.3, -0.25) is 0 Å². The highest BCUT2D eigenvalue weighted by Gasteiger charge is 2.50. The zero-order chi connectivity index (χ0) is 13.2. The third-order valence-electron chi connectivity index (χ3n) is 3.67. The first-order valence-corrected chi connectivity index (χ1v) is 7.67. The summed E-state index contributed by atoms with van der Waals surface area (Å²) in [6, 6.07) is 0.349. The molecule has 104 valence electrons. The van der Waals surface area contributed by atoms with Crippen molar-refractivity contribution in [2.45, 2.75) is 55.4 Å². The molecule has 1 N–H and O–H groups in total. The lowest BCUT2D eigenvalue weighted by Gasteiger charge is -2.31. The molecule has 3 atom stereocenters. The van der Waals surface area contributed by atoms with Crippen molar-refractivity contribution in [2.75, 3.05) is 12.8 Å². The fourth-order valence-corrected chi connectivity index (χ4v) is 3.62. The van der Waals surface area contributed by atoms with Crippen molar-refractivity contribution in [3.05, 3.63) is 0 Å². The van der Waals surface area contributed by atoms with Crippen LogP contribution in [0.5, 0.6) is 0 Å². The summed E-state index contributed by atoms with van der Waals surface area (Å²) < 4.78 is 30.7. The number of cyclic esters (lactones) is 1. The topological polar surface area (TPSA) is 38.3 Å². The van der Waals surface area contributed by atoms with Crippen molar-refractivity contribution in [2.24, 2.45) is 0 Å². The highest BCUT2D eigenvalue weighted by Crippen LogP contribution is 2.31. The molecular weight excluding hydrogens is 260 g/mol. The molecule has 2 fully saturated rings. The van der Waals surface area contributed by atoms with Crippen molar-refractivity contribution >= 4 is 17.7 Å². The summed E-state index contributed by atoms with van der Waals surface area (Å²) in [5, 5.41) is 3.83. The number of halogens is 2. The number of carbonyl (C=O) groups excluding carboxylic acids is 1. The summed E-state index contributed by atoms with van der Waals surface area (Å²) in [4.78, 5) is 10.9. The first-order valence-electron chi connectivity index (χ1n) is 6.38. The van der Waals surface area contributed by atoms with Crippen LogP contribution in [0.4, 0.5) is 8.78 Å². The van der Waals surface area contributed by atoms with Gasteiger partial charge in [0, 0.05) is 17.8 Å². The van der Waals surface area contributed by atoms with E-state index in [9.17, 15) is 13.6 Å². The molecule has 0 aromatic heterocycles. The summed E-state index contributed by atoms with van der Waals surface area (Å²) >= 11 is 1.82. The first-order chi connectivity index (χ1) is 8.53. The standard InChI is InChI=1S/C12H19F2NO2S/c1-18-10-5-3-2-4-9(10)15-7-8-6-12(13,14)11(16)17-8/h8-10,15H,2-7H2,1H3. The molecule has 0 spiro atoms. The van der Waals surface area contributed by atoms with Crippen LogP contribution in [0.2, 0.25) is 0 Å². The van der Waals surface area contributed by atoms with Crippen molar-refractivity contribution in [1.29, 1.82) is 0 Å². The molecule has 1 heterocycles. The molecule has 3 unspecified atom stereocenters. The highest BCUT2D eigenvalue weighted by molar-refractivity contribution is 7.99. The number of esters is 1. The second-order valence-corrected chi connectivity index (χ2v) is 6.09. The Morgan fingerprint density at radius 1 is 1.44 bits per heavy atom. The van der Waals surface area contributed by atoms with Crippen LogP contribution in [0.3, 0.4) is 0 Å². The predicted octanol–water partition coefficient (Wildman–Crippen LogP) is 2.20. The van der Waals surface area contributed by atoms with Crippen molar-refractivity contribution < 1.29 is 18.3 Å². The number of nitrogens with one attached hydrogen (secondary N) is 1. The SMILES string of the molecule is CSC1CCCCC1NCC1CC(F)(F)C(=O)O1. The molecule has 0 bridgehead atoms. The van der Waals surface area contributed by atoms with E-state index in [0.29, 0.717) is 17.8 Å². The molecule has 3 nitrogen and oxygen atoms in total. The smallest absolute Gasteiger partial charge is 0.377 e. The van der Waals surface area contributed by atoms with Crippen LogP contribution in [0.25, 0.3) is 0 Å². The van der Waals surface area contributed by atoms with Crippen LogP contribution < -0.4 is 5.32 Å². The van der Waals surface area contributed by atoms with E-state index in [0.717, 1.165) is 6.42 Å². The van der Waals surface area contributed by atoms with Crippen molar-refractivity contribution in [3.63, 3.8) is 0 Å². The van der Waals surface area contributed by atoms with Gasteiger partial charge in [0.2, 0.25) is 0 Å². The average molecular weight is 279 g/mol. The predicted molar refractivity (Wildman–Crippen MR) is 67.0 cm³/mol. The lowest BCUT2D eigenvalue weighted by atomic mass is 9.94. The maximum Gasteiger partial charge on any atom is 0.377 e. The van der Waals surface area contributed by atoms with Crippen LogP contribution in [0.15, 0.2) is 0 Å². The van der Waals surface area contributed by atoms with Crippen molar-refractivity contribution in [3.8, 4) is 0 Å². The summed E-state index contributed by atoms with van der Waals surface area (Å²) in [5.74, 6) is -4.67. The highest BCUT2D eigenvalue weighted by atomic mass is 32.2. The number of carbonyl (C=O) groups is 1. The van der Waals surface area contributed by atoms with E-state index >= 15 is 0 Å². The van der Waals surface area contributed by atoms with E-state index in [1.54, 1.807) is 0 Å². The summed E-state index contributed by atoms with van der Waals surface area (Å²) in [7, 11) is 0. The largest absolute Gasteiger partial charge is 0.456 e. The van der Waals surface area contributed by atoms with Gasteiger partial charge in [-0.25, -0.2) is 4.79 Å². The molecule has 1 aliphatic heterocycles. The zero-order valence-corrected chi connectivity index (χ0v) is 11.3. The number of hydrogen-bond donors (Lipinski definition) is 1. The maximum absolute atomic E-state index is 13.0. The Morgan fingerprint density at radius 3 is 2.78 bits per heavy atom. The normalized spacial score (nSPS) is 35.5. The lowest BCUT2D eigenvalue weighted by Crippen LogP contribution is -2.43. The van der Waals surface area contributed by atoms with Gasteiger partial charge in [-0.05, 0) is 19.1 Å². The molecule has 0 radical (unpaired) electrons. The van der Waals surface area contributed by atoms with E-state index in [1.807, 2.05) is 11.8 Å². The Labute approximate surface area is 110 Å². The van der Waals surface area contributed by atoms with E-state index in [4.69, 9.17) is 0 Å². The second kappa shape index (κ2) is 5.74. The van der Waals surface area contributed by atoms with Gasteiger partial charge in [0.25, 0.3) is 0 Å². The van der Waals surface area contributed by atoms with E-state index in [2.05, 4.69) is 16.3 Å². The molecule has 0 aromatic carbocycles. The fourth-order valence-electron chi connectivity index (χ4n) is 2.66. The minimum absolute atomic E-state index is 0.336. The number of ether oxygens (including phenoxy) is 1. The third-order valence-corrected chi connectivity index (χ3v) is 4.84. The van der Waals surface area contributed by atoms with Crippen molar-refractivity contribution in [1.82, 2.24) is 5.32 Å². The van der Waals surface area contributed by atoms with E-state index in [1.165, 1.54) is 19.3 Å². The van der Waals surface area contributed by atoms with Crippen LogP contribution in [0.1, 0.15) is 32.1 Å². The van der Waals surface area contributed by atoms with E-state index < -0.39 is 24.4 Å². The van der Waals surface area contributed by atoms with Gasteiger partial charge in [0.15, 0.2) is 0 Å². The molecule has 2 aliphatic rings. The molecule has 1 saturated heterocycles. The Morgan fingerprint density at radius 2 is 2.17 bits per heavy atom. The Bertz CT molecular complexity index is 314. The van der Waals surface area contributed by atoms with Crippen LogP contribution >= 0.6 is 11.8 Å². The monoisotopic (exact) mass is 279 g/mol. The molecule has 0 amide bonds. The van der Waals surface area contributed by atoms with Crippen LogP contribution in [0, 0.1) is 0 Å². The Kier molecular flexibility index (Phi) is 4.48. The molecule has 2 rings (SSSR count). The average Bonchev–Trinajstić information content (AvgIpc) is 2.61. The number of thioether (sulfide) groups is 1. The minimum atomic E-state index is -3.29. The molecule has 1 saturated carbocycles. The van der Waals surface area contributed by atoms with Gasteiger partial charge >= 0.3 is 11.9 Å². The molecule has 18 heavy (non-hydrogen) atoms. The van der Waals surface area contributed by atoms with Gasteiger partial charge in [0.1, 0.15) is 6.10 Å². The van der Waals surface area contributed by atoms with Gasteiger partial charge in [0.05, 0.1) is 6.42 Å². The minimum Gasteiger partial charge on any atom is -0.456 e. The van der Waals surface area contributed by atoms with Crippen LogP contribution in [-0.4, -0.2) is 42.1 Å².